The number of anilines is 1. The van der Waals surface area contributed by atoms with Crippen LogP contribution in [0.1, 0.15) is 56.6 Å². The van der Waals surface area contributed by atoms with Gasteiger partial charge in [-0.05, 0) is 61.1 Å². The van der Waals surface area contributed by atoms with Crippen LogP contribution in [-0.2, 0) is 20.6 Å². The molecule has 3 aromatic rings. The topological polar surface area (TPSA) is 106 Å². The fourth-order valence-corrected chi connectivity index (χ4v) is 4.79. The summed E-state index contributed by atoms with van der Waals surface area (Å²) in [6.45, 7) is 4.55. The Kier molecular flexibility index (Phi) is 8.76. The molecule has 0 aliphatic carbocycles. The van der Waals surface area contributed by atoms with Crippen LogP contribution >= 0.6 is 0 Å². The maximum absolute atomic E-state index is 13.1. The smallest absolute Gasteiger partial charge is 0.303 e. The molecule has 0 radical (unpaired) electrons. The number of unbranched alkanes of at least 4 members (excludes halogenated alkanes) is 2. The Morgan fingerprint density at radius 1 is 1.06 bits per heavy atom. The van der Waals surface area contributed by atoms with Crippen LogP contribution in [0.3, 0.4) is 0 Å². The van der Waals surface area contributed by atoms with Crippen LogP contribution in [0.2, 0.25) is 0 Å². The molecule has 3 rings (SSSR count). The first-order chi connectivity index (χ1) is 16.2. The van der Waals surface area contributed by atoms with Gasteiger partial charge in [-0.25, -0.2) is 8.42 Å². The lowest BCUT2D eigenvalue weighted by Crippen LogP contribution is -2.16. The lowest BCUT2D eigenvalue weighted by Gasteiger charge is -2.16. The zero-order valence-electron chi connectivity index (χ0n) is 19.5. The number of para-hydroxylation sites is 1. The summed E-state index contributed by atoms with van der Waals surface area (Å²) in [6, 6.07) is 16.2. The summed E-state index contributed by atoms with van der Waals surface area (Å²) in [7, 11) is -3.74. The zero-order valence-corrected chi connectivity index (χ0v) is 20.3. The number of carboxylic acids is 1. The first-order valence-electron chi connectivity index (χ1n) is 11.4. The standard InChI is InChI=1S/C26H31NO6S/c1-19(2)20-13-14-23(22(17-20)25-11-8-16-33-25)27-34(30,31)18-21-9-5-6-10-24(21)32-15-7-3-4-12-26(28)29/h5-6,8-11,13-14,16-17,19,27H,3-4,7,12,15,18H2,1-2H3,(H,28,29). The lowest BCUT2D eigenvalue weighted by molar-refractivity contribution is -0.137. The van der Waals surface area contributed by atoms with E-state index in [9.17, 15) is 13.2 Å². The number of carboxylic acid groups (broad SMARTS) is 1. The molecule has 182 valence electrons. The van der Waals surface area contributed by atoms with Crippen molar-refractivity contribution in [3.8, 4) is 17.1 Å². The maximum atomic E-state index is 13.1. The average molecular weight is 486 g/mol. The van der Waals surface area contributed by atoms with E-state index in [1.165, 1.54) is 0 Å². The normalized spacial score (nSPS) is 11.5. The van der Waals surface area contributed by atoms with Crippen molar-refractivity contribution >= 4 is 21.7 Å². The molecule has 2 aromatic carbocycles. The van der Waals surface area contributed by atoms with Gasteiger partial charge < -0.3 is 14.3 Å². The quantitative estimate of drug-likeness (QED) is 0.286. The van der Waals surface area contributed by atoms with Crippen molar-refractivity contribution in [2.24, 2.45) is 0 Å². The van der Waals surface area contributed by atoms with E-state index in [0.29, 0.717) is 47.8 Å². The van der Waals surface area contributed by atoms with E-state index >= 15 is 0 Å². The minimum absolute atomic E-state index is 0.138. The molecular formula is C26H31NO6S. The van der Waals surface area contributed by atoms with Gasteiger partial charge in [0.15, 0.2) is 0 Å². The number of benzene rings is 2. The zero-order chi connectivity index (χ0) is 24.6. The highest BCUT2D eigenvalue weighted by Crippen LogP contribution is 2.33. The molecule has 0 spiro atoms. The molecule has 0 saturated carbocycles. The highest BCUT2D eigenvalue weighted by Gasteiger charge is 2.19. The Hall–Kier alpha value is -3.26. The van der Waals surface area contributed by atoms with Crippen LogP contribution < -0.4 is 9.46 Å². The van der Waals surface area contributed by atoms with Crippen molar-refractivity contribution in [1.82, 2.24) is 0 Å². The minimum Gasteiger partial charge on any atom is -0.493 e. The Morgan fingerprint density at radius 3 is 2.56 bits per heavy atom. The third kappa shape index (κ3) is 7.38. The van der Waals surface area contributed by atoms with E-state index in [4.69, 9.17) is 14.3 Å². The number of ether oxygens (including phenoxy) is 1. The molecule has 1 aromatic heterocycles. The predicted octanol–water partition coefficient (Wildman–Crippen LogP) is 6.04. The van der Waals surface area contributed by atoms with Crippen LogP contribution in [-0.4, -0.2) is 26.1 Å². The van der Waals surface area contributed by atoms with E-state index in [2.05, 4.69) is 18.6 Å². The van der Waals surface area contributed by atoms with Crippen molar-refractivity contribution in [2.45, 2.75) is 51.2 Å². The van der Waals surface area contributed by atoms with Crippen molar-refractivity contribution in [3.63, 3.8) is 0 Å². The molecular weight excluding hydrogens is 454 g/mol. The highest BCUT2D eigenvalue weighted by atomic mass is 32.2. The van der Waals surface area contributed by atoms with Gasteiger partial charge in [-0.2, -0.15) is 0 Å². The molecule has 0 amide bonds. The molecule has 0 atom stereocenters. The number of sulfonamides is 1. The SMILES string of the molecule is CC(C)c1ccc(NS(=O)(=O)Cc2ccccc2OCCCCCC(=O)O)c(-c2ccco2)c1. The molecule has 0 bridgehead atoms. The predicted molar refractivity (Wildman–Crippen MR) is 133 cm³/mol. The first kappa shape index (κ1) is 25.4. The van der Waals surface area contributed by atoms with Gasteiger partial charge in [0, 0.05) is 17.5 Å². The summed E-state index contributed by atoms with van der Waals surface area (Å²) < 4.78 is 40.2. The van der Waals surface area contributed by atoms with E-state index in [0.717, 1.165) is 12.0 Å². The van der Waals surface area contributed by atoms with Gasteiger partial charge in [0.25, 0.3) is 0 Å². The van der Waals surface area contributed by atoms with Gasteiger partial charge in [-0.3, -0.25) is 9.52 Å². The number of furan rings is 1. The largest absolute Gasteiger partial charge is 0.493 e. The number of rotatable bonds is 13. The second kappa shape index (κ2) is 11.7. The second-order valence-electron chi connectivity index (χ2n) is 8.46. The molecule has 1 heterocycles. The van der Waals surface area contributed by atoms with E-state index in [1.807, 2.05) is 12.1 Å². The third-order valence-electron chi connectivity index (χ3n) is 5.37. The Morgan fingerprint density at radius 2 is 1.85 bits per heavy atom. The van der Waals surface area contributed by atoms with Gasteiger partial charge in [0.2, 0.25) is 10.0 Å². The monoisotopic (exact) mass is 485 g/mol. The van der Waals surface area contributed by atoms with Crippen LogP contribution in [0.25, 0.3) is 11.3 Å². The fraction of sp³-hybridized carbons (Fsp3) is 0.346. The average Bonchev–Trinajstić information content (AvgIpc) is 3.31. The maximum Gasteiger partial charge on any atom is 0.303 e. The second-order valence-corrected chi connectivity index (χ2v) is 10.2. The van der Waals surface area contributed by atoms with Gasteiger partial charge >= 0.3 is 5.97 Å². The summed E-state index contributed by atoms with van der Waals surface area (Å²) >= 11 is 0. The molecule has 2 N–H and O–H groups in total. The fourth-order valence-electron chi connectivity index (χ4n) is 3.56. The van der Waals surface area contributed by atoms with Crippen LogP contribution in [0.4, 0.5) is 5.69 Å². The third-order valence-corrected chi connectivity index (χ3v) is 6.60. The summed E-state index contributed by atoms with van der Waals surface area (Å²) in [5.41, 5.74) is 2.78. The molecule has 0 unspecified atom stereocenters. The van der Waals surface area contributed by atoms with Crippen molar-refractivity contribution in [3.05, 3.63) is 72.0 Å². The molecule has 34 heavy (non-hydrogen) atoms. The number of hydrogen-bond donors (Lipinski definition) is 2. The van der Waals surface area contributed by atoms with Crippen LogP contribution in [0.5, 0.6) is 5.75 Å². The van der Waals surface area contributed by atoms with Crippen molar-refractivity contribution < 1.29 is 27.5 Å². The van der Waals surface area contributed by atoms with Crippen molar-refractivity contribution in [2.75, 3.05) is 11.3 Å². The molecule has 8 heteroatoms. The first-order valence-corrected chi connectivity index (χ1v) is 13.0. The molecule has 0 aliphatic heterocycles. The molecule has 7 nitrogen and oxygen atoms in total. The minimum atomic E-state index is -3.74. The van der Waals surface area contributed by atoms with Gasteiger partial charge in [0.05, 0.1) is 24.3 Å². The molecule has 0 aliphatic rings. The Bertz CT molecular complexity index is 1190. The van der Waals surface area contributed by atoms with E-state index in [1.54, 1.807) is 48.7 Å². The van der Waals surface area contributed by atoms with Crippen LogP contribution in [0.15, 0.2) is 65.3 Å². The van der Waals surface area contributed by atoms with E-state index in [-0.39, 0.29) is 18.1 Å². The summed E-state index contributed by atoms with van der Waals surface area (Å²) in [4.78, 5) is 10.6. The number of aliphatic carboxylic acids is 1. The summed E-state index contributed by atoms with van der Waals surface area (Å²) in [5, 5.41) is 8.71. The van der Waals surface area contributed by atoms with Gasteiger partial charge in [-0.1, -0.05) is 38.1 Å². The summed E-state index contributed by atoms with van der Waals surface area (Å²) in [6.07, 6.45) is 3.72. The Balaban J connectivity index is 1.71. The van der Waals surface area contributed by atoms with Gasteiger partial charge in [0.1, 0.15) is 11.5 Å². The Labute approximate surface area is 200 Å². The molecule has 0 fully saturated rings. The van der Waals surface area contributed by atoms with E-state index < -0.39 is 16.0 Å². The number of hydrogen-bond acceptors (Lipinski definition) is 5. The lowest BCUT2D eigenvalue weighted by atomic mass is 9.99. The molecule has 0 saturated heterocycles. The van der Waals surface area contributed by atoms with Crippen molar-refractivity contribution in [1.29, 1.82) is 0 Å². The number of carbonyl (C=O) groups is 1. The summed E-state index contributed by atoms with van der Waals surface area (Å²) in [5.74, 6) is 0.330. The number of nitrogens with one attached hydrogen (secondary N) is 1. The van der Waals surface area contributed by atoms with Crippen LogP contribution in [0, 0.1) is 0 Å². The highest BCUT2D eigenvalue weighted by molar-refractivity contribution is 7.91. The van der Waals surface area contributed by atoms with Gasteiger partial charge in [-0.15, -0.1) is 0 Å².